The topological polar surface area (TPSA) is 91.8 Å². The molecule has 0 unspecified atom stereocenters. The van der Waals surface area contributed by atoms with Gasteiger partial charge < -0.3 is 5.11 Å². The minimum Gasteiger partial charge on any atom is -0.508 e. The van der Waals surface area contributed by atoms with E-state index in [2.05, 4.69) is 6.08 Å². The molecule has 0 radical (unpaired) electrons. The number of phenols is 1. The first-order valence-electron chi connectivity index (χ1n) is 16.8. The van der Waals surface area contributed by atoms with Crippen LogP contribution in [-0.4, -0.2) is 39.4 Å². The van der Waals surface area contributed by atoms with Gasteiger partial charge >= 0.3 is 0 Å². The Bertz CT molecular complexity index is 1860. The number of aromatic hydroxyl groups is 1. The number of imide groups is 1. The highest BCUT2D eigenvalue weighted by Crippen LogP contribution is 2.64. The van der Waals surface area contributed by atoms with Gasteiger partial charge in [0, 0.05) is 28.5 Å². The SMILES string of the molecule is O=C1C(c2ccccc2)=CC(=O)[C@@]2(c3ccccc3)[C@@H](c3ccc(O)cc3Cl)C3=CC[C@@H]4C(=O)N(C5CCCCC5)C(=O)[C@@H]4[C@@H]3C[C@@H]12. The second-order valence-electron chi connectivity index (χ2n) is 13.8. The third-order valence-corrected chi connectivity index (χ3v) is 12.0. The van der Waals surface area contributed by atoms with Crippen LogP contribution >= 0.6 is 11.6 Å². The van der Waals surface area contributed by atoms with Gasteiger partial charge in [0.1, 0.15) is 5.75 Å². The molecular weight excluding hydrogens is 610 g/mol. The van der Waals surface area contributed by atoms with E-state index in [0.717, 1.165) is 37.7 Å². The average molecular weight is 646 g/mol. The molecule has 1 aliphatic heterocycles. The van der Waals surface area contributed by atoms with Crippen molar-refractivity contribution in [2.45, 2.75) is 62.3 Å². The van der Waals surface area contributed by atoms with Gasteiger partial charge in [0.15, 0.2) is 11.6 Å². The summed E-state index contributed by atoms with van der Waals surface area (Å²) in [5, 5.41) is 10.6. The van der Waals surface area contributed by atoms with Crippen molar-refractivity contribution in [2.24, 2.45) is 23.7 Å². The van der Waals surface area contributed by atoms with Crippen LogP contribution in [0.3, 0.4) is 0 Å². The molecule has 1 saturated heterocycles. The number of benzene rings is 3. The minimum atomic E-state index is -1.35. The number of amides is 2. The summed E-state index contributed by atoms with van der Waals surface area (Å²) in [6.07, 6.45) is 8.97. The number of hydrogen-bond acceptors (Lipinski definition) is 5. The number of halogens is 1. The highest BCUT2D eigenvalue weighted by molar-refractivity contribution is 6.33. The predicted molar refractivity (Wildman–Crippen MR) is 178 cm³/mol. The quantitative estimate of drug-likeness (QED) is 0.239. The van der Waals surface area contributed by atoms with E-state index in [0.29, 0.717) is 28.7 Å². The van der Waals surface area contributed by atoms with Gasteiger partial charge in [-0.3, -0.25) is 24.1 Å². The first-order valence-corrected chi connectivity index (χ1v) is 17.2. The lowest BCUT2D eigenvalue weighted by Crippen LogP contribution is -2.59. The lowest BCUT2D eigenvalue weighted by Gasteiger charge is -2.55. The van der Waals surface area contributed by atoms with E-state index in [1.54, 1.807) is 17.0 Å². The van der Waals surface area contributed by atoms with Gasteiger partial charge in [-0.2, -0.15) is 0 Å². The number of phenolic OH excluding ortho intramolecular Hbond substituents is 1. The van der Waals surface area contributed by atoms with Crippen molar-refractivity contribution in [2.75, 3.05) is 0 Å². The molecule has 3 aromatic rings. The average Bonchev–Trinajstić information content (AvgIpc) is 3.36. The van der Waals surface area contributed by atoms with Crippen LogP contribution in [0.1, 0.15) is 67.6 Å². The van der Waals surface area contributed by atoms with Crippen LogP contribution in [0.15, 0.2) is 96.6 Å². The molecule has 47 heavy (non-hydrogen) atoms. The molecule has 0 spiro atoms. The Morgan fingerprint density at radius 2 is 1.51 bits per heavy atom. The molecule has 238 valence electrons. The molecule has 4 aliphatic carbocycles. The van der Waals surface area contributed by atoms with Crippen LogP contribution in [0.2, 0.25) is 5.02 Å². The van der Waals surface area contributed by atoms with E-state index in [1.807, 2.05) is 60.7 Å². The third kappa shape index (κ3) is 4.44. The second-order valence-corrected chi connectivity index (χ2v) is 14.2. The van der Waals surface area contributed by atoms with Crippen LogP contribution in [-0.2, 0) is 24.6 Å². The summed E-state index contributed by atoms with van der Waals surface area (Å²) in [5.74, 6) is -3.63. The summed E-state index contributed by atoms with van der Waals surface area (Å²) in [5.41, 5.74) is 1.89. The van der Waals surface area contributed by atoms with E-state index in [-0.39, 0.29) is 46.6 Å². The Hall–Kier alpha value is -4.29. The van der Waals surface area contributed by atoms with E-state index in [4.69, 9.17) is 11.6 Å². The maximum Gasteiger partial charge on any atom is 0.233 e. The predicted octanol–water partition coefficient (Wildman–Crippen LogP) is 7.20. The van der Waals surface area contributed by atoms with Crippen LogP contribution in [0, 0.1) is 23.7 Å². The van der Waals surface area contributed by atoms with Crippen LogP contribution in [0.5, 0.6) is 5.75 Å². The highest BCUT2D eigenvalue weighted by atomic mass is 35.5. The van der Waals surface area contributed by atoms with Gasteiger partial charge in [-0.05, 0) is 66.5 Å². The number of Topliss-reactive ketones (excluding diaryl/α,β-unsaturated/α-hetero) is 1. The normalized spacial score (nSPS) is 30.7. The number of carbonyl (C=O) groups excluding carboxylic acids is 4. The zero-order valence-corrected chi connectivity index (χ0v) is 26.7. The Labute approximate surface area is 279 Å². The lowest BCUT2D eigenvalue weighted by atomic mass is 9.44. The number of ketones is 2. The molecule has 7 heteroatoms. The molecular formula is C40H36ClNO5. The fourth-order valence-electron chi connectivity index (χ4n) is 9.69. The van der Waals surface area contributed by atoms with Crippen molar-refractivity contribution >= 4 is 40.6 Å². The van der Waals surface area contributed by atoms with Crippen LogP contribution < -0.4 is 0 Å². The smallest absolute Gasteiger partial charge is 0.233 e. The molecule has 1 N–H and O–H groups in total. The van der Waals surface area contributed by atoms with E-state index >= 15 is 4.79 Å². The maximum atomic E-state index is 15.0. The van der Waals surface area contributed by atoms with Crippen molar-refractivity contribution in [1.82, 2.24) is 4.90 Å². The van der Waals surface area contributed by atoms with Gasteiger partial charge in [0.2, 0.25) is 11.8 Å². The molecule has 6 atom stereocenters. The van der Waals surface area contributed by atoms with Gasteiger partial charge in [-0.25, -0.2) is 0 Å². The summed E-state index contributed by atoms with van der Waals surface area (Å²) in [6, 6.07) is 23.4. The number of likely N-dealkylation sites (tertiary alicyclic amines) is 1. The van der Waals surface area contributed by atoms with E-state index in [1.165, 1.54) is 12.1 Å². The first-order chi connectivity index (χ1) is 22.8. The van der Waals surface area contributed by atoms with E-state index < -0.39 is 35.0 Å². The Kier molecular flexibility index (Phi) is 7.32. The van der Waals surface area contributed by atoms with Crippen molar-refractivity contribution in [3.8, 4) is 5.75 Å². The molecule has 3 fully saturated rings. The summed E-state index contributed by atoms with van der Waals surface area (Å²) >= 11 is 6.94. The second kappa shape index (κ2) is 11.4. The van der Waals surface area contributed by atoms with Gasteiger partial charge in [0.05, 0.1) is 17.3 Å². The summed E-state index contributed by atoms with van der Waals surface area (Å²) in [6.45, 7) is 0. The Balaban J connectivity index is 1.35. The largest absolute Gasteiger partial charge is 0.508 e. The van der Waals surface area contributed by atoms with Crippen molar-refractivity contribution in [3.05, 3.63) is 118 Å². The molecule has 3 aromatic carbocycles. The molecule has 2 amide bonds. The third-order valence-electron chi connectivity index (χ3n) is 11.6. The molecule has 0 aromatic heterocycles. The first kappa shape index (κ1) is 30.1. The zero-order valence-electron chi connectivity index (χ0n) is 26.0. The van der Waals surface area contributed by atoms with Crippen LogP contribution in [0.25, 0.3) is 5.57 Å². The molecule has 0 bridgehead atoms. The minimum absolute atomic E-state index is 0.00823. The van der Waals surface area contributed by atoms with Crippen LogP contribution in [0.4, 0.5) is 0 Å². The molecule has 6 nitrogen and oxygen atoms in total. The number of rotatable bonds is 4. The highest BCUT2D eigenvalue weighted by Gasteiger charge is 2.66. The van der Waals surface area contributed by atoms with Crippen molar-refractivity contribution < 1.29 is 24.3 Å². The molecule has 8 rings (SSSR count). The number of allylic oxidation sites excluding steroid dienone is 4. The summed E-state index contributed by atoms with van der Waals surface area (Å²) < 4.78 is 0. The van der Waals surface area contributed by atoms with Crippen molar-refractivity contribution in [3.63, 3.8) is 0 Å². The fraction of sp³-hybridized carbons (Fsp3) is 0.350. The Morgan fingerprint density at radius 3 is 2.21 bits per heavy atom. The van der Waals surface area contributed by atoms with Crippen molar-refractivity contribution in [1.29, 1.82) is 0 Å². The van der Waals surface area contributed by atoms with Gasteiger partial charge in [-0.1, -0.05) is 109 Å². The lowest BCUT2D eigenvalue weighted by molar-refractivity contribution is -0.144. The maximum absolute atomic E-state index is 15.0. The van der Waals surface area contributed by atoms with Gasteiger partial charge in [0.25, 0.3) is 0 Å². The molecule has 5 aliphatic rings. The Morgan fingerprint density at radius 1 is 0.809 bits per heavy atom. The fourth-order valence-corrected chi connectivity index (χ4v) is 9.98. The molecule has 2 saturated carbocycles. The monoisotopic (exact) mass is 645 g/mol. The van der Waals surface area contributed by atoms with E-state index in [9.17, 15) is 19.5 Å². The standard InChI is InChI=1S/C40H36ClNO5/c41-33-20-26(43)16-17-28(33)36-27-18-19-29-35(39(47)42(38(29)46)25-14-8-3-9-15-25)31(27)21-32-37(45)30(23-10-4-1-5-11-23)22-34(44)40(32,36)24-12-6-2-7-13-24/h1-2,4-7,10-13,16-18,20,22,25,29,31-32,35-36,43H,3,8-9,14-15,19,21H2/t29-,31+,32-,35-,36+,40-/m0/s1. The number of nitrogens with zero attached hydrogens (tertiary/aromatic N) is 1. The zero-order chi connectivity index (χ0) is 32.4. The molecule has 1 heterocycles. The summed E-state index contributed by atoms with van der Waals surface area (Å²) in [4.78, 5) is 60.0. The summed E-state index contributed by atoms with van der Waals surface area (Å²) in [7, 11) is 0. The number of carbonyl (C=O) groups is 4. The number of hydrogen-bond donors (Lipinski definition) is 1. The van der Waals surface area contributed by atoms with Gasteiger partial charge in [-0.15, -0.1) is 0 Å². The number of fused-ring (bicyclic) bond motifs is 4.